The van der Waals surface area contributed by atoms with Gasteiger partial charge in [-0.25, -0.2) is 9.90 Å². The Kier molecular flexibility index (Phi) is 6.41. The molecule has 0 aliphatic carbocycles. The minimum atomic E-state index is -1.19. The molecule has 0 saturated carbocycles. The van der Waals surface area contributed by atoms with Crippen LogP contribution < -0.4 is 0 Å². The van der Waals surface area contributed by atoms with Crippen LogP contribution in [0.3, 0.4) is 0 Å². The van der Waals surface area contributed by atoms with Crippen molar-refractivity contribution in [2.45, 2.75) is 0 Å². The third kappa shape index (κ3) is 4.92. The van der Waals surface area contributed by atoms with Crippen LogP contribution in [0.25, 0.3) is 0 Å². The Hall–Kier alpha value is -0.810. The lowest BCUT2D eigenvalue weighted by molar-refractivity contribution is 0.0831. The summed E-state index contributed by atoms with van der Waals surface area (Å²) >= 11 is 0. The lowest BCUT2D eigenvalue weighted by atomic mass is 10.5. The first-order valence-corrected chi connectivity index (χ1v) is 3.66. The van der Waals surface area contributed by atoms with Crippen molar-refractivity contribution >= 4 is 6.09 Å². The first-order valence-electron chi connectivity index (χ1n) is 3.66. The summed E-state index contributed by atoms with van der Waals surface area (Å²) in [6.07, 6.45) is -1.19. The Bertz CT molecular complexity index is 121. The summed E-state index contributed by atoms with van der Waals surface area (Å²) in [5.74, 6) is 0. The molecule has 0 spiro atoms. The normalized spacial score (nSPS) is 9.83. The molecule has 0 bridgehead atoms. The van der Waals surface area contributed by atoms with Crippen molar-refractivity contribution in [1.82, 2.24) is 4.90 Å². The molecule has 0 heterocycles. The molecule has 0 aliphatic heterocycles. The van der Waals surface area contributed by atoms with Gasteiger partial charge in [-0.2, -0.15) is 0 Å². The van der Waals surface area contributed by atoms with Crippen LogP contribution in [-0.4, -0.2) is 51.5 Å². The predicted octanol–water partition coefficient (Wildman–Crippen LogP) is 0.132. The van der Waals surface area contributed by atoms with Crippen molar-refractivity contribution in [3.05, 3.63) is 0 Å². The summed E-state index contributed by atoms with van der Waals surface area (Å²) in [7, 11) is 3.04. The molecule has 0 aromatic rings. The van der Waals surface area contributed by atoms with E-state index < -0.39 is 6.09 Å². The molecule has 71 valence electrons. The maximum Gasteiger partial charge on any atom is 0.453 e. The van der Waals surface area contributed by atoms with Gasteiger partial charge in [-0.05, 0) is 0 Å². The zero-order valence-electron chi connectivity index (χ0n) is 7.41. The summed E-state index contributed by atoms with van der Waals surface area (Å²) in [5, 5.41) is 10.4. The highest BCUT2D eigenvalue weighted by Gasteiger charge is 2.11. The summed E-state index contributed by atoms with van der Waals surface area (Å²) in [5.41, 5.74) is 0. The van der Waals surface area contributed by atoms with E-state index in [9.17, 15) is 9.90 Å². The molecule has 12 heavy (non-hydrogen) atoms. The summed E-state index contributed by atoms with van der Waals surface area (Å²) in [6.45, 7) is 1.39. The molecular formula is C7H14NO4. The molecule has 0 aliphatic rings. The standard InChI is InChI=1S/C7H14NO4/c1-11-5-3-8(7(9)10)4-6-12-2/h3-6H2,1-2H3. The minimum Gasteiger partial charge on any atom is -0.383 e. The number of carbonyl (C=O) groups excluding carboxylic acids is 1. The first kappa shape index (κ1) is 11.2. The van der Waals surface area contributed by atoms with Gasteiger partial charge in [-0.3, -0.25) is 0 Å². The van der Waals surface area contributed by atoms with Crippen LogP contribution in [0.4, 0.5) is 4.79 Å². The fourth-order valence-corrected chi connectivity index (χ4v) is 0.697. The van der Waals surface area contributed by atoms with Gasteiger partial charge in [0.1, 0.15) is 0 Å². The second kappa shape index (κ2) is 6.87. The Balaban J connectivity index is 3.62. The van der Waals surface area contributed by atoms with Crippen molar-refractivity contribution in [2.75, 3.05) is 40.5 Å². The largest absolute Gasteiger partial charge is 0.453 e. The van der Waals surface area contributed by atoms with E-state index >= 15 is 0 Å². The van der Waals surface area contributed by atoms with Gasteiger partial charge in [0, 0.05) is 27.3 Å². The summed E-state index contributed by atoms with van der Waals surface area (Å²) in [6, 6.07) is 0. The second-order valence-electron chi connectivity index (χ2n) is 2.24. The fourth-order valence-electron chi connectivity index (χ4n) is 0.697. The number of amides is 1. The fraction of sp³-hybridized carbons (Fsp3) is 0.857. The van der Waals surface area contributed by atoms with Gasteiger partial charge < -0.3 is 14.4 Å². The SMILES string of the molecule is COCCN(CCOC)C([O])=O. The van der Waals surface area contributed by atoms with Crippen LogP contribution in [0, 0.1) is 0 Å². The van der Waals surface area contributed by atoms with Gasteiger partial charge in [0.05, 0.1) is 13.2 Å². The van der Waals surface area contributed by atoms with Gasteiger partial charge in [-0.15, -0.1) is 0 Å². The third-order valence-electron chi connectivity index (χ3n) is 1.39. The average Bonchev–Trinajstić information content (AvgIpc) is 2.04. The molecule has 0 fully saturated rings. The van der Waals surface area contributed by atoms with Crippen LogP contribution in [-0.2, 0) is 14.6 Å². The van der Waals surface area contributed by atoms with E-state index in [0.29, 0.717) is 26.3 Å². The van der Waals surface area contributed by atoms with E-state index in [1.807, 2.05) is 0 Å². The lowest BCUT2D eigenvalue weighted by Gasteiger charge is -2.16. The molecule has 0 unspecified atom stereocenters. The van der Waals surface area contributed by atoms with Crippen LogP contribution in [0.15, 0.2) is 0 Å². The van der Waals surface area contributed by atoms with Crippen molar-refractivity contribution in [2.24, 2.45) is 0 Å². The summed E-state index contributed by atoms with van der Waals surface area (Å²) < 4.78 is 9.46. The maximum absolute atomic E-state index is 10.4. The highest BCUT2D eigenvalue weighted by atomic mass is 16.5. The molecule has 5 nitrogen and oxygen atoms in total. The van der Waals surface area contributed by atoms with Crippen LogP contribution in [0.2, 0.25) is 0 Å². The zero-order chi connectivity index (χ0) is 9.40. The van der Waals surface area contributed by atoms with E-state index in [-0.39, 0.29) is 0 Å². The zero-order valence-corrected chi connectivity index (χ0v) is 7.41. The molecule has 1 amide bonds. The van der Waals surface area contributed by atoms with Crippen molar-refractivity contribution in [3.63, 3.8) is 0 Å². The first-order chi connectivity index (χ1) is 5.72. The van der Waals surface area contributed by atoms with Gasteiger partial charge >= 0.3 is 6.09 Å². The summed E-state index contributed by atoms with van der Waals surface area (Å²) in [4.78, 5) is 11.6. The molecule has 0 N–H and O–H groups in total. The number of rotatable bonds is 6. The Morgan fingerprint density at radius 3 is 1.83 bits per heavy atom. The molecule has 5 heteroatoms. The second-order valence-corrected chi connectivity index (χ2v) is 2.24. The number of nitrogens with zero attached hydrogens (tertiary/aromatic N) is 1. The van der Waals surface area contributed by atoms with Gasteiger partial charge in [0.15, 0.2) is 0 Å². The number of hydrogen-bond donors (Lipinski definition) is 0. The van der Waals surface area contributed by atoms with Crippen LogP contribution in [0.1, 0.15) is 0 Å². The third-order valence-corrected chi connectivity index (χ3v) is 1.39. The van der Waals surface area contributed by atoms with E-state index in [1.165, 1.54) is 14.2 Å². The van der Waals surface area contributed by atoms with E-state index in [0.717, 1.165) is 4.90 Å². The molecule has 0 aromatic heterocycles. The number of hydrogen-bond acceptors (Lipinski definition) is 3. The lowest BCUT2D eigenvalue weighted by Crippen LogP contribution is -2.34. The van der Waals surface area contributed by atoms with Gasteiger partial charge in [-0.1, -0.05) is 0 Å². The Morgan fingerprint density at radius 2 is 1.58 bits per heavy atom. The maximum atomic E-state index is 10.4. The molecule has 1 radical (unpaired) electrons. The molecular weight excluding hydrogens is 162 g/mol. The van der Waals surface area contributed by atoms with Gasteiger partial charge in [0.2, 0.25) is 0 Å². The Labute approximate surface area is 71.9 Å². The monoisotopic (exact) mass is 176 g/mol. The quantitative estimate of drug-likeness (QED) is 0.578. The van der Waals surface area contributed by atoms with E-state index in [4.69, 9.17) is 9.47 Å². The van der Waals surface area contributed by atoms with E-state index in [1.54, 1.807) is 0 Å². The van der Waals surface area contributed by atoms with Crippen LogP contribution in [0.5, 0.6) is 0 Å². The van der Waals surface area contributed by atoms with E-state index in [2.05, 4.69) is 0 Å². The highest BCUT2D eigenvalue weighted by molar-refractivity contribution is 5.64. The van der Waals surface area contributed by atoms with Crippen molar-refractivity contribution < 1.29 is 19.4 Å². The predicted molar refractivity (Wildman–Crippen MR) is 41.4 cm³/mol. The van der Waals surface area contributed by atoms with Gasteiger partial charge in [0.25, 0.3) is 0 Å². The van der Waals surface area contributed by atoms with Crippen molar-refractivity contribution in [3.8, 4) is 0 Å². The van der Waals surface area contributed by atoms with Crippen molar-refractivity contribution in [1.29, 1.82) is 0 Å². The smallest absolute Gasteiger partial charge is 0.383 e. The average molecular weight is 176 g/mol. The number of ether oxygens (including phenoxy) is 2. The highest BCUT2D eigenvalue weighted by Crippen LogP contribution is 1.89. The number of methoxy groups -OCH3 is 2. The molecule has 0 aromatic carbocycles. The molecule has 0 saturated heterocycles. The Morgan fingerprint density at radius 1 is 1.17 bits per heavy atom. The molecule has 0 atom stereocenters. The topological polar surface area (TPSA) is 58.7 Å². The van der Waals surface area contributed by atoms with Crippen LogP contribution >= 0.6 is 0 Å². The number of carbonyl (C=O) groups is 1. The minimum absolute atomic E-state index is 0.322. The molecule has 0 rings (SSSR count).